The number of tetrazole rings is 1. The fourth-order valence-corrected chi connectivity index (χ4v) is 3.59. The molecule has 4 rings (SSSR count). The standard InChI is InChI=1S/C20H23N5/c1-16-9-11-17(12-10-16)14-18-6-5-13-24(15-18)20-21-22-23-25(20)19-7-3-2-4-8-19/h2-4,7-12,18H,5-6,13-15H2,1H3/t18-/m1/s1. The lowest BCUT2D eigenvalue weighted by Gasteiger charge is -2.33. The van der Waals surface area contributed by atoms with Crippen LogP contribution in [0, 0.1) is 12.8 Å². The molecule has 0 amide bonds. The zero-order valence-electron chi connectivity index (χ0n) is 14.5. The lowest BCUT2D eigenvalue weighted by molar-refractivity contribution is 0.407. The number of piperidine rings is 1. The van der Waals surface area contributed by atoms with Gasteiger partial charge in [-0.3, -0.25) is 0 Å². The van der Waals surface area contributed by atoms with Crippen molar-refractivity contribution in [1.29, 1.82) is 0 Å². The number of hydrogen-bond acceptors (Lipinski definition) is 4. The molecule has 1 aliphatic rings. The van der Waals surface area contributed by atoms with Crippen molar-refractivity contribution in [3.63, 3.8) is 0 Å². The molecule has 2 aromatic carbocycles. The van der Waals surface area contributed by atoms with E-state index in [0.29, 0.717) is 5.92 Å². The predicted molar refractivity (Wildman–Crippen MR) is 99.0 cm³/mol. The fraction of sp³-hybridized carbons (Fsp3) is 0.350. The van der Waals surface area contributed by atoms with Gasteiger partial charge in [0.1, 0.15) is 0 Å². The Morgan fingerprint density at radius 2 is 1.84 bits per heavy atom. The van der Waals surface area contributed by atoms with E-state index in [9.17, 15) is 0 Å². The molecule has 5 heteroatoms. The minimum atomic E-state index is 0.636. The van der Waals surface area contributed by atoms with Crippen molar-refractivity contribution in [2.24, 2.45) is 5.92 Å². The molecule has 128 valence electrons. The molecule has 5 nitrogen and oxygen atoms in total. The summed E-state index contributed by atoms with van der Waals surface area (Å²) in [6, 6.07) is 19.0. The molecule has 1 atom stereocenters. The molecule has 0 saturated carbocycles. The Hall–Kier alpha value is -2.69. The van der Waals surface area contributed by atoms with Crippen LogP contribution < -0.4 is 4.90 Å². The van der Waals surface area contributed by atoms with E-state index < -0.39 is 0 Å². The average Bonchev–Trinajstić information content (AvgIpc) is 3.15. The molecule has 3 aromatic rings. The number of rotatable bonds is 4. The number of benzene rings is 2. The highest BCUT2D eigenvalue weighted by Gasteiger charge is 2.24. The van der Waals surface area contributed by atoms with Crippen LogP contribution in [0.5, 0.6) is 0 Å². The van der Waals surface area contributed by atoms with E-state index in [2.05, 4.69) is 51.6 Å². The first-order valence-corrected chi connectivity index (χ1v) is 8.94. The van der Waals surface area contributed by atoms with Crippen molar-refractivity contribution in [1.82, 2.24) is 20.2 Å². The van der Waals surface area contributed by atoms with Crippen LogP contribution in [0.25, 0.3) is 5.69 Å². The normalized spacial score (nSPS) is 17.6. The predicted octanol–water partition coefficient (Wildman–Crippen LogP) is 3.43. The molecule has 2 heterocycles. The van der Waals surface area contributed by atoms with Gasteiger partial charge in [0.15, 0.2) is 0 Å². The maximum absolute atomic E-state index is 4.30. The van der Waals surface area contributed by atoms with Crippen molar-refractivity contribution < 1.29 is 0 Å². The Bertz CT molecular complexity index is 810. The first-order valence-electron chi connectivity index (χ1n) is 8.94. The highest BCUT2D eigenvalue weighted by Crippen LogP contribution is 2.25. The summed E-state index contributed by atoms with van der Waals surface area (Å²) in [5.74, 6) is 1.48. The first kappa shape index (κ1) is 15.8. The summed E-state index contributed by atoms with van der Waals surface area (Å²) >= 11 is 0. The molecule has 1 saturated heterocycles. The van der Waals surface area contributed by atoms with E-state index >= 15 is 0 Å². The van der Waals surface area contributed by atoms with Crippen LogP contribution >= 0.6 is 0 Å². The third-order valence-electron chi connectivity index (χ3n) is 4.90. The van der Waals surface area contributed by atoms with Crippen LogP contribution in [0.4, 0.5) is 5.95 Å². The van der Waals surface area contributed by atoms with Gasteiger partial charge in [-0.2, -0.15) is 4.68 Å². The van der Waals surface area contributed by atoms with Crippen molar-refractivity contribution >= 4 is 5.95 Å². The molecular formula is C20H23N5. The molecule has 0 unspecified atom stereocenters. The maximum Gasteiger partial charge on any atom is 0.250 e. The summed E-state index contributed by atoms with van der Waals surface area (Å²) in [7, 11) is 0. The number of anilines is 1. The molecule has 0 bridgehead atoms. The molecule has 0 spiro atoms. The second-order valence-electron chi connectivity index (χ2n) is 6.87. The van der Waals surface area contributed by atoms with Gasteiger partial charge < -0.3 is 4.90 Å². The quantitative estimate of drug-likeness (QED) is 0.734. The summed E-state index contributed by atoms with van der Waals surface area (Å²) in [6.45, 7) is 4.15. The lowest BCUT2D eigenvalue weighted by atomic mass is 9.91. The highest BCUT2D eigenvalue weighted by atomic mass is 15.6. The Kier molecular flexibility index (Phi) is 4.46. The molecule has 1 aliphatic heterocycles. The second kappa shape index (κ2) is 7.05. The molecular weight excluding hydrogens is 310 g/mol. The van der Waals surface area contributed by atoms with Gasteiger partial charge in [0.2, 0.25) is 5.95 Å². The van der Waals surface area contributed by atoms with Crippen molar-refractivity contribution in [3.05, 3.63) is 65.7 Å². The van der Waals surface area contributed by atoms with Crippen LogP contribution in [0.1, 0.15) is 24.0 Å². The number of aryl methyl sites for hydroxylation is 1. The number of para-hydroxylation sites is 1. The second-order valence-corrected chi connectivity index (χ2v) is 6.87. The minimum Gasteiger partial charge on any atom is -0.339 e. The van der Waals surface area contributed by atoms with Gasteiger partial charge in [0.25, 0.3) is 0 Å². The SMILES string of the molecule is Cc1ccc(C[C@H]2CCCN(c3nnnn3-c3ccccc3)C2)cc1. The van der Waals surface area contributed by atoms with Gasteiger partial charge >= 0.3 is 0 Å². The highest BCUT2D eigenvalue weighted by molar-refractivity contribution is 5.41. The molecule has 0 N–H and O–H groups in total. The van der Waals surface area contributed by atoms with Crippen molar-refractivity contribution in [3.8, 4) is 5.69 Å². The zero-order chi connectivity index (χ0) is 17.1. The Balaban J connectivity index is 1.50. The van der Waals surface area contributed by atoms with E-state index in [4.69, 9.17) is 0 Å². The Labute approximate surface area is 148 Å². The summed E-state index contributed by atoms with van der Waals surface area (Å²) in [4.78, 5) is 2.33. The fourth-order valence-electron chi connectivity index (χ4n) is 3.59. The van der Waals surface area contributed by atoms with Crippen LogP contribution in [-0.2, 0) is 6.42 Å². The number of aromatic nitrogens is 4. The van der Waals surface area contributed by atoms with E-state index in [1.165, 1.54) is 24.0 Å². The maximum atomic E-state index is 4.30. The summed E-state index contributed by atoms with van der Waals surface area (Å²) in [5, 5.41) is 12.4. The van der Waals surface area contributed by atoms with Crippen LogP contribution in [-0.4, -0.2) is 33.3 Å². The third-order valence-corrected chi connectivity index (χ3v) is 4.90. The first-order chi connectivity index (χ1) is 12.3. The minimum absolute atomic E-state index is 0.636. The average molecular weight is 333 g/mol. The lowest BCUT2D eigenvalue weighted by Crippen LogP contribution is -2.38. The van der Waals surface area contributed by atoms with Crippen molar-refractivity contribution in [2.45, 2.75) is 26.2 Å². The van der Waals surface area contributed by atoms with Crippen LogP contribution in [0.2, 0.25) is 0 Å². The Morgan fingerprint density at radius 1 is 1.04 bits per heavy atom. The monoisotopic (exact) mass is 333 g/mol. The summed E-state index contributed by atoms with van der Waals surface area (Å²) in [6.07, 6.45) is 3.55. The summed E-state index contributed by atoms with van der Waals surface area (Å²) in [5.41, 5.74) is 3.74. The molecule has 0 radical (unpaired) electrons. The zero-order valence-corrected chi connectivity index (χ0v) is 14.5. The van der Waals surface area contributed by atoms with E-state index in [-0.39, 0.29) is 0 Å². The molecule has 25 heavy (non-hydrogen) atoms. The van der Waals surface area contributed by atoms with Gasteiger partial charge in [0.05, 0.1) is 5.69 Å². The third kappa shape index (κ3) is 3.55. The molecule has 1 aromatic heterocycles. The van der Waals surface area contributed by atoms with Gasteiger partial charge in [-0.1, -0.05) is 53.1 Å². The molecule has 1 fully saturated rings. The van der Waals surface area contributed by atoms with E-state index in [1.807, 2.05) is 35.0 Å². The van der Waals surface area contributed by atoms with Crippen molar-refractivity contribution in [2.75, 3.05) is 18.0 Å². The molecule has 0 aliphatic carbocycles. The topological polar surface area (TPSA) is 46.8 Å². The smallest absolute Gasteiger partial charge is 0.250 e. The van der Waals surface area contributed by atoms with Gasteiger partial charge in [-0.15, -0.1) is 0 Å². The Morgan fingerprint density at radius 3 is 2.64 bits per heavy atom. The number of hydrogen-bond donors (Lipinski definition) is 0. The van der Waals surface area contributed by atoms with Gasteiger partial charge in [0, 0.05) is 13.1 Å². The van der Waals surface area contributed by atoms with E-state index in [1.54, 1.807) is 0 Å². The summed E-state index contributed by atoms with van der Waals surface area (Å²) < 4.78 is 1.84. The van der Waals surface area contributed by atoms with Gasteiger partial charge in [-0.05, 0) is 60.2 Å². The van der Waals surface area contributed by atoms with Crippen LogP contribution in [0.3, 0.4) is 0 Å². The largest absolute Gasteiger partial charge is 0.339 e. The van der Waals surface area contributed by atoms with E-state index in [0.717, 1.165) is 31.1 Å². The van der Waals surface area contributed by atoms with Gasteiger partial charge in [-0.25, -0.2) is 0 Å². The van der Waals surface area contributed by atoms with Crippen LogP contribution in [0.15, 0.2) is 54.6 Å². The number of nitrogens with zero attached hydrogens (tertiary/aromatic N) is 5.